The van der Waals surface area contributed by atoms with Gasteiger partial charge < -0.3 is 14.2 Å². The molecule has 168 valence electrons. The SMILES string of the molecule is C=CCC1[C@H](OC(C)=O)C(OC(C)=O)[C@H](OC(C)=O)C(CC=C)N1Cc1ccccc1. The minimum Gasteiger partial charge on any atom is -0.457 e. The summed E-state index contributed by atoms with van der Waals surface area (Å²) in [5, 5.41) is 0. The molecule has 1 saturated heterocycles. The molecule has 0 radical (unpaired) electrons. The summed E-state index contributed by atoms with van der Waals surface area (Å²) in [5.74, 6) is -1.58. The Labute approximate surface area is 183 Å². The van der Waals surface area contributed by atoms with Gasteiger partial charge in [0.05, 0.1) is 12.1 Å². The van der Waals surface area contributed by atoms with Crippen molar-refractivity contribution in [2.45, 2.75) is 70.6 Å². The van der Waals surface area contributed by atoms with Crippen molar-refractivity contribution < 1.29 is 28.6 Å². The predicted molar refractivity (Wildman–Crippen MR) is 116 cm³/mol. The van der Waals surface area contributed by atoms with Crippen LogP contribution in [0.5, 0.6) is 0 Å². The summed E-state index contributed by atoms with van der Waals surface area (Å²) in [4.78, 5) is 38.0. The number of piperidine rings is 1. The molecule has 1 aliphatic rings. The molecule has 3 unspecified atom stereocenters. The fraction of sp³-hybridized carbons (Fsp3) is 0.458. The fourth-order valence-electron chi connectivity index (χ4n) is 4.16. The summed E-state index contributed by atoms with van der Waals surface area (Å²) < 4.78 is 16.9. The van der Waals surface area contributed by atoms with Gasteiger partial charge in [-0.1, -0.05) is 42.5 Å². The van der Waals surface area contributed by atoms with Gasteiger partial charge in [-0.2, -0.15) is 0 Å². The van der Waals surface area contributed by atoms with E-state index in [0.717, 1.165) is 5.56 Å². The van der Waals surface area contributed by atoms with Gasteiger partial charge in [0, 0.05) is 27.3 Å². The molecule has 0 N–H and O–H groups in total. The topological polar surface area (TPSA) is 82.1 Å². The summed E-state index contributed by atoms with van der Waals surface area (Å²) >= 11 is 0. The first-order chi connectivity index (χ1) is 14.8. The second-order valence-electron chi connectivity index (χ2n) is 7.56. The number of hydrogen-bond donors (Lipinski definition) is 0. The van der Waals surface area contributed by atoms with E-state index in [1.807, 2.05) is 30.3 Å². The zero-order valence-electron chi connectivity index (χ0n) is 18.4. The number of nitrogens with zero attached hydrogens (tertiary/aromatic N) is 1. The van der Waals surface area contributed by atoms with E-state index in [1.165, 1.54) is 20.8 Å². The van der Waals surface area contributed by atoms with E-state index in [-0.39, 0.29) is 12.1 Å². The highest BCUT2D eigenvalue weighted by Crippen LogP contribution is 2.35. The van der Waals surface area contributed by atoms with Crippen LogP contribution >= 0.6 is 0 Å². The molecule has 5 atom stereocenters. The minimum atomic E-state index is -0.952. The fourth-order valence-corrected chi connectivity index (χ4v) is 4.16. The monoisotopic (exact) mass is 429 g/mol. The van der Waals surface area contributed by atoms with E-state index in [4.69, 9.17) is 14.2 Å². The zero-order chi connectivity index (χ0) is 23.0. The summed E-state index contributed by atoms with van der Waals surface area (Å²) in [7, 11) is 0. The van der Waals surface area contributed by atoms with Gasteiger partial charge >= 0.3 is 17.9 Å². The first-order valence-corrected chi connectivity index (χ1v) is 10.3. The number of likely N-dealkylation sites (tertiary alicyclic amines) is 1. The number of esters is 3. The van der Waals surface area contributed by atoms with Gasteiger partial charge in [-0.05, 0) is 18.4 Å². The molecule has 0 amide bonds. The molecule has 1 aromatic rings. The lowest BCUT2D eigenvalue weighted by Gasteiger charge is -2.51. The smallest absolute Gasteiger partial charge is 0.303 e. The molecule has 0 spiro atoms. The van der Waals surface area contributed by atoms with Crippen molar-refractivity contribution in [1.29, 1.82) is 0 Å². The Bertz CT molecular complexity index is 755. The Balaban J connectivity index is 2.60. The van der Waals surface area contributed by atoms with Gasteiger partial charge in [-0.3, -0.25) is 19.3 Å². The first kappa shape index (κ1) is 24.3. The van der Waals surface area contributed by atoms with Gasteiger partial charge in [0.25, 0.3) is 0 Å². The second kappa shape index (κ2) is 11.5. The average molecular weight is 430 g/mol. The molecular weight excluding hydrogens is 398 g/mol. The lowest BCUT2D eigenvalue weighted by atomic mass is 9.83. The highest BCUT2D eigenvalue weighted by atomic mass is 16.6. The first-order valence-electron chi connectivity index (χ1n) is 10.3. The maximum atomic E-state index is 12.0. The van der Waals surface area contributed by atoms with E-state index in [1.54, 1.807) is 12.2 Å². The summed E-state index contributed by atoms with van der Waals surface area (Å²) in [6, 6.07) is 9.12. The number of benzene rings is 1. The van der Waals surface area contributed by atoms with Crippen molar-refractivity contribution in [1.82, 2.24) is 4.90 Å². The third-order valence-electron chi connectivity index (χ3n) is 5.19. The molecule has 1 aliphatic heterocycles. The second-order valence-corrected chi connectivity index (χ2v) is 7.56. The van der Waals surface area contributed by atoms with Gasteiger partial charge in [-0.15, -0.1) is 13.2 Å². The Hall–Kier alpha value is -2.93. The van der Waals surface area contributed by atoms with Crippen LogP contribution in [-0.4, -0.2) is 53.2 Å². The molecule has 31 heavy (non-hydrogen) atoms. The van der Waals surface area contributed by atoms with Crippen molar-refractivity contribution in [3.05, 3.63) is 61.2 Å². The molecule has 1 fully saturated rings. The standard InChI is InChI=1S/C24H31NO6/c1-6-11-20-22(29-16(3)26)24(31-18(5)28)23(30-17(4)27)21(12-7-2)25(20)15-19-13-9-8-10-14-19/h6-10,13-14,20-24H,1-2,11-12,15H2,3-5H3/t20?,21?,22-,23+,24?. The molecule has 1 heterocycles. The molecule has 1 aromatic carbocycles. The Morgan fingerprint density at radius 3 is 1.61 bits per heavy atom. The number of hydrogen-bond acceptors (Lipinski definition) is 7. The number of rotatable bonds is 9. The summed E-state index contributed by atoms with van der Waals surface area (Å²) in [5.41, 5.74) is 1.04. The van der Waals surface area contributed by atoms with Crippen molar-refractivity contribution in [3.8, 4) is 0 Å². The Kier molecular flexibility index (Phi) is 9.00. The van der Waals surface area contributed by atoms with Crippen LogP contribution in [0.3, 0.4) is 0 Å². The zero-order valence-corrected chi connectivity index (χ0v) is 18.4. The molecular formula is C24H31NO6. The van der Waals surface area contributed by atoms with Crippen LogP contribution in [0.4, 0.5) is 0 Å². The quantitative estimate of drug-likeness (QED) is 0.339. The van der Waals surface area contributed by atoms with Crippen molar-refractivity contribution in [2.24, 2.45) is 0 Å². The Morgan fingerprint density at radius 2 is 1.23 bits per heavy atom. The molecule has 0 saturated carbocycles. The molecule has 2 rings (SSSR count). The number of carbonyl (C=O) groups is 3. The van der Waals surface area contributed by atoms with Gasteiger partial charge in [0.1, 0.15) is 0 Å². The highest BCUT2D eigenvalue weighted by Gasteiger charge is 2.53. The molecule has 7 heteroatoms. The van der Waals surface area contributed by atoms with Crippen molar-refractivity contribution >= 4 is 17.9 Å². The van der Waals surface area contributed by atoms with Crippen LogP contribution < -0.4 is 0 Å². The van der Waals surface area contributed by atoms with E-state index >= 15 is 0 Å². The van der Waals surface area contributed by atoms with Crippen molar-refractivity contribution in [2.75, 3.05) is 0 Å². The average Bonchev–Trinajstić information content (AvgIpc) is 2.69. The van der Waals surface area contributed by atoms with E-state index in [0.29, 0.717) is 19.4 Å². The maximum absolute atomic E-state index is 12.0. The lowest BCUT2D eigenvalue weighted by molar-refractivity contribution is -0.215. The van der Waals surface area contributed by atoms with Crippen LogP contribution in [0.25, 0.3) is 0 Å². The highest BCUT2D eigenvalue weighted by molar-refractivity contribution is 5.68. The van der Waals surface area contributed by atoms with Gasteiger partial charge in [-0.25, -0.2) is 0 Å². The van der Waals surface area contributed by atoms with Crippen LogP contribution in [-0.2, 0) is 35.1 Å². The van der Waals surface area contributed by atoms with E-state index in [2.05, 4.69) is 18.1 Å². The lowest BCUT2D eigenvalue weighted by Crippen LogP contribution is -2.68. The minimum absolute atomic E-state index is 0.345. The number of carbonyl (C=O) groups excluding carboxylic acids is 3. The maximum Gasteiger partial charge on any atom is 0.303 e. The molecule has 0 aliphatic carbocycles. The predicted octanol–water partition coefficient (Wildman–Crippen LogP) is 3.19. The number of ether oxygens (including phenoxy) is 3. The third-order valence-corrected chi connectivity index (χ3v) is 5.19. The van der Waals surface area contributed by atoms with Crippen molar-refractivity contribution in [3.63, 3.8) is 0 Å². The van der Waals surface area contributed by atoms with E-state index in [9.17, 15) is 14.4 Å². The van der Waals surface area contributed by atoms with Crippen LogP contribution in [0, 0.1) is 0 Å². The van der Waals surface area contributed by atoms with Crippen LogP contribution in [0.1, 0.15) is 39.2 Å². The van der Waals surface area contributed by atoms with Gasteiger partial charge in [0.15, 0.2) is 18.3 Å². The molecule has 0 bridgehead atoms. The Morgan fingerprint density at radius 1 is 0.806 bits per heavy atom. The van der Waals surface area contributed by atoms with E-state index < -0.39 is 36.2 Å². The summed E-state index contributed by atoms with van der Waals surface area (Å²) in [6.07, 6.45) is 1.79. The van der Waals surface area contributed by atoms with Crippen LogP contribution in [0.2, 0.25) is 0 Å². The van der Waals surface area contributed by atoms with Crippen LogP contribution in [0.15, 0.2) is 55.6 Å². The van der Waals surface area contributed by atoms with Gasteiger partial charge in [0.2, 0.25) is 0 Å². The summed E-state index contributed by atoms with van der Waals surface area (Å²) in [6.45, 7) is 12.1. The largest absolute Gasteiger partial charge is 0.457 e. The normalized spacial score (nSPS) is 25.8. The molecule has 7 nitrogen and oxygen atoms in total. The molecule has 0 aromatic heterocycles. The third kappa shape index (κ3) is 6.52.